The van der Waals surface area contributed by atoms with Crippen molar-refractivity contribution in [3.8, 4) is 12.1 Å². The molecular formula is C30H22F6N4O6S2. The van der Waals surface area contributed by atoms with Gasteiger partial charge in [0.25, 0.3) is 0 Å². The Balaban J connectivity index is 0.000000152. The highest BCUT2D eigenvalue weighted by molar-refractivity contribution is 7.94. The summed E-state index contributed by atoms with van der Waals surface area (Å²) in [6, 6.07) is 8.92. The van der Waals surface area contributed by atoms with Crippen molar-refractivity contribution in [1.82, 2.24) is 0 Å². The summed E-state index contributed by atoms with van der Waals surface area (Å²) in [6.45, 7) is 0.142. The quantitative estimate of drug-likeness (QED) is 0.335. The van der Waals surface area contributed by atoms with E-state index < -0.39 is 77.4 Å². The second-order valence-corrected chi connectivity index (χ2v) is 16.0. The van der Waals surface area contributed by atoms with E-state index in [1.807, 2.05) is 0 Å². The number of hydrogen-bond donors (Lipinski definition) is 0. The molecule has 0 amide bonds. The van der Waals surface area contributed by atoms with Gasteiger partial charge in [-0.05, 0) is 36.4 Å². The van der Waals surface area contributed by atoms with Crippen molar-refractivity contribution in [3.05, 3.63) is 83.0 Å². The third kappa shape index (κ3) is 4.88. The zero-order chi connectivity index (χ0) is 34.6. The molecule has 2 aromatic carbocycles. The first kappa shape index (κ1) is 32.4. The SMILES string of the molecule is N#Cc1ccc(N2C[C@@H]3[C@@H]([C@@H]4C=C[C@H]3O4)S2(=O)=O)cc1C(F)(F)F.N#Cc1ccc(N2C[C@H]3[C@H]([C@@H]4C=C[C@H]3O4)S2(=O)=O)cc1C(F)(F)F. The molecule has 0 radical (unpaired) electrons. The smallest absolute Gasteiger partial charge is 0.365 e. The fraction of sp³-hybridized carbons (Fsp3) is 0.400. The fourth-order valence-electron chi connectivity index (χ4n) is 7.33. The summed E-state index contributed by atoms with van der Waals surface area (Å²) in [5, 5.41) is 16.2. The van der Waals surface area contributed by atoms with E-state index in [1.165, 1.54) is 24.3 Å². The highest BCUT2D eigenvalue weighted by atomic mass is 32.2. The van der Waals surface area contributed by atoms with E-state index in [4.69, 9.17) is 20.0 Å². The summed E-state index contributed by atoms with van der Waals surface area (Å²) >= 11 is 0. The lowest BCUT2D eigenvalue weighted by atomic mass is 9.94. The molecule has 8 atom stereocenters. The van der Waals surface area contributed by atoms with Gasteiger partial charge in [-0.3, -0.25) is 8.61 Å². The number of fused-ring (bicyclic) bond motifs is 10. The summed E-state index contributed by atoms with van der Waals surface area (Å²) in [7, 11) is -7.65. The van der Waals surface area contributed by atoms with Crippen molar-refractivity contribution in [2.75, 3.05) is 21.7 Å². The molecule has 10 nitrogen and oxygen atoms in total. The molecule has 4 fully saturated rings. The lowest BCUT2D eigenvalue weighted by molar-refractivity contribution is -0.138. The predicted molar refractivity (Wildman–Crippen MR) is 155 cm³/mol. The highest BCUT2D eigenvalue weighted by Crippen LogP contribution is 2.48. The molecule has 18 heteroatoms. The standard InChI is InChI=1S/2C15H11F3N2O3S/c2*16-15(17,18)11-5-9(2-1-8(11)6-19)20-7-10-12-3-4-13(23-12)14(10)24(20,21)22/h2*1-5,10,12-14H,7H2/t10-,12+,13-,14-;10-,12-,13+,14-/m01/s1. The summed E-state index contributed by atoms with van der Waals surface area (Å²) in [6.07, 6.45) is -4.23. The minimum atomic E-state index is -4.73. The number of anilines is 2. The maximum Gasteiger partial charge on any atom is 0.417 e. The van der Waals surface area contributed by atoms with E-state index in [2.05, 4.69) is 0 Å². The van der Waals surface area contributed by atoms with Gasteiger partial charge in [0.05, 0.1) is 70.2 Å². The van der Waals surface area contributed by atoms with E-state index in [0.29, 0.717) is 0 Å². The first-order chi connectivity index (χ1) is 22.5. The number of halogens is 6. The van der Waals surface area contributed by atoms with E-state index in [9.17, 15) is 43.2 Å². The Morgan fingerprint density at radius 2 is 0.979 bits per heavy atom. The molecular weight excluding hydrogens is 690 g/mol. The van der Waals surface area contributed by atoms with Crippen LogP contribution in [0.15, 0.2) is 60.7 Å². The van der Waals surface area contributed by atoms with E-state index in [1.54, 1.807) is 24.3 Å². The van der Waals surface area contributed by atoms with Crippen molar-refractivity contribution in [1.29, 1.82) is 10.5 Å². The summed E-state index contributed by atoms with van der Waals surface area (Å²) in [5.41, 5.74) is -3.48. The molecule has 0 saturated carbocycles. The minimum absolute atomic E-state index is 0.0711. The number of benzene rings is 2. The average molecular weight is 713 g/mol. The lowest BCUT2D eigenvalue weighted by Crippen LogP contribution is -2.35. The largest absolute Gasteiger partial charge is 0.417 e. The maximum absolute atomic E-state index is 13.1. The molecule has 8 rings (SSSR count). The topological polar surface area (TPSA) is 141 Å². The molecule has 252 valence electrons. The van der Waals surface area contributed by atoms with Gasteiger partial charge >= 0.3 is 12.4 Å². The maximum atomic E-state index is 13.1. The second-order valence-electron chi connectivity index (χ2n) is 12.0. The number of hydrogen-bond acceptors (Lipinski definition) is 8. The molecule has 0 aliphatic carbocycles. The van der Waals surface area contributed by atoms with Gasteiger partial charge in [-0.25, -0.2) is 16.8 Å². The first-order valence-electron chi connectivity index (χ1n) is 14.4. The van der Waals surface area contributed by atoms with Crippen LogP contribution in [-0.4, -0.2) is 64.8 Å². The Kier molecular flexibility index (Phi) is 7.23. The van der Waals surface area contributed by atoms with Crippen molar-refractivity contribution in [2.24, 2.45) is 11.8 Å². The molecule has 4 saturated heterocycles. The summed E-state index contributed by atoms with van der Waals surface area (Å²) in [5.74, 6) is -0.593. The molecule has 2 aromatic rings. The predicted octanol–water partition coefficient (Wildman–Crippen LogP) is 4.10. The number of nitriles is 2. The summed E-state index contributed by atoms with van der Waals surface area (Å²) < 4.78 is 143. The third-order valence-electron chi connectivity index (χ3n) is 9.43. The van der Waals surface area contributed by atoms with E-state index >= 15 is 0 Å². The molecule has 4 bridgehead atoms. The molecule has 0 N–H and O–H groups in total. The van der Waals surface area contributed by atoms with Crippen molar-refractivity contribution in [2.45, 2.75) is 47.3 Å². The number of nitrogens with zero attached hydrogens (tertiary/aromatic N) is 4. The molecule has 0 aromatic heterocycles. The Bertz CT molecular complexity index is 1920. The zero-order valence-corrected chi connectivity index (χ0v) is 25.8. The first-order valence-corrected chi connectivity index (χ1v) is 17.4. The molecule has 6 aliphatic rings. The molecule has 6 heterocycles. The Hall–Kier alpha value is -4.10. The molecule has 0 unspecified atom stereocenters. The Labute approximate surface area is 270 Å². The van der Waals surface area contributed by atoms with Crippen LogP contribution in [-0.2, 0) is 41.9 Å². The molecule has 48 heavy (non-hydrogen) atoms. The van der Waals surface area contributed by atoms with Crippen LogP contribution in [0.2, 0.25) is 0 Å². The van der Waals surface area contributed by atoms with Crippen molar-refractivity contribution < 1.29 is 52.7 Å². The molecule has 6 aliphatic heterocycles. The number of rotatable bonds is 2. The van der Waals surface area contributed by atoms with Gasteiger partial charge in [0, 0.05) is 24.9 Å². The van der Waals surface area contributed by atoms with Crippen LogP contribution >= 0.6 is 0 Å². The highest BCUT2D eigenvalue weighted by Gasteiger charge is 2.61. The van der Waals surface area contributed by atoms with Crippen LogP contribution in [0.3, 0.4) is 0 Å². The van der Waals surface area contributed by atoms with Crippen LogP contribution in [0.1, 0.15) is 22.3 Å². The average Bonchev–Trinajstić information content (AvgIpc) is 3.87. The van der Waals surface area contributed by atoms with Gasteiger partial charge in [0.1, 0.15) is 10.5 Å². The normalized spacial score (nSPS) is 32.8. The minimum Gasteiger partial charge on any atom is -0.365 e. The van der Waals surface area contributed by atoms with Gasteiger partial charge < -0.3 is 9.47 Å². The van der Waals surface area contributed by atoms with Crippen LogP contribution in [0.5, 0.6) is 0 Å². The number of sulfonamides is 2. The van der Waals surface area contributed by atoms with E-state index in [0.717, 1.165) is 32.9 Å². The van der Waals surface area contributed by atoms with Crippen LogP contribution in [0.4, 0.5) is 37.7 Å². The lowest BCUT2D eigenvalue weighted by Gasteiger charge is -2.22. The van der Waals surface area contributed by atoms with Crippen molar-refractivity contribution in [3.63, 3.8) is 0 Å². The van der Waals surface area contributed by atoms with Crippen LogP contribution in [0.25, 0.3) is 0 Å². The zero-order valence-electron chi connectivity index (χ0n) is 24.1. The van der Waals surface area contributed by atoms with Gasteiger partial charge in [0.2, 0.25) is 20.0 Å². The van der Waals surface area contributed by atoms with Gasteiger partial charge in [0.15, 0.2) is 0 Å². The van der Waals surface area contributed by atoms with Crippen LogP contribution in [0, 0.1) is 34.5 Å². The Morgan fingerprint density at radius 3 is 1.29 bits per heavy atom. The van der Waals surface area contributed by atoms with Gasteiger partial charge in [-0.1, -0.05) is 24.3 Å². The number of ether oxygens (including phenoxy) is 2. The molecule has 0 spiro atoms. The Morgan fingerprint density at radius 1 is 0.625 bits per heavy atom. The van der Waals surface area contributed by atoms with E-state index in [-0.39, 0.29) is 48.5 Å². The fourth-order valence-corrected chi connectivity index (χ4v) is 11.8. The second kappa shape index (κ2) is 10.7. The monoisotopic (exact) mass is 712 g/mol. The van der Waals surface area contributed by atoms with Gasteiger partial charge in [-0.15, -0.1) is 0 Å². The summed E-state index contributed by atoms with van der Waals surface area (Å²) in [4.78, 5) is 0. The third-order valence-corrected chi connectivity index (χ3v) is 14.0. The van der Waals surface area contributed by atoms with Gasteiger partial charge in [-0.2, -0.15) is 36.9 Å². The van der Waals surface area contributed by atoms with Crippen LogP contribution < -0.4 is 8.61 Å². The number of alkyl halides is 6. The van der Waals surface area contributed by atoms with Crippen molar-refractivity contribution >= 4 is 31.4 Å².